The molecule has 0 heterocycles. The highest BCUT2D eigenvalue weighted by Gasteiger charge is 2.28. The summed E-state index contributed by atoms with van der Waals surface area (Å²) in [6, 6.07) is 0. The van der Waals surface area contributed by atoms with Gasteiger partial charge < -0.3 is 24.2 Å². The lowest BCUT2D eigenvalue weighted by atomic mass is 10.0. The fraction of sp³-hybridized carbons (Fsp3) is 0.750. The number of ether oxygens (including phenoxy) is 3. The van der Waals surface area contributed by atoms with Crippen molar-refractivity contribution in [2.24, 2.45) is 0 Å². The highest BCUT2D eigenvalue weighted by Crippen LogP contribution is 2.43. The molecule has 0 aliphatic carbocycles. The molecule has 0 aromatic heterocycles. The number of carbonyl (C=O) groups excluding carboxylic acids is 3. The molecule has 0 saturated heterocycles. The van der Waals surface area contributed by atoms with Crippen molar-refractivity contribution in [1.82, 2.24) is 0 Å². The van der Waals surface area contributed by atoms with Crippen molar-refractivity contribution in [2.75, 3.05) is 26.4 Å². The first kappa shape index (κ1) is 68.9. The van der Waals surface area contributed by atoms with E-state index in [0.717, 1.165) is 83.5 Å². The molecule has 72 heavy (non-hydrogen) atoms. The standard InChI is InChI=1S/C60H105O11P/c1-4-7-10-13-16-19-22-25-27-28-30-33-36-39-42-45-48-51-60(64)71-57(53-67-58(62)49-46-43-40-37-34-32-29-26-23-20-17-14-11-8-5-2)55-69-72(65,66)68-54-56(52-61)70-59(63)50-47-44-41-38-35-31-24-21-18-15-12-9-6-3/h8,11,17,20-21,24,26,29,34,37,43,46,56-57,61H,4-7,9-10,12-16,18-19,22-23,25,27-28,30-33,35-36,38-42,44-45,47-55H2,1-3H3,(H,65,66)/b11-8-,20-17-,24-21-,29-26-,37-34-,46-43-. The zero-order valence-corrected chi connectivity index (χ0v) is 46.8. The second kappa shape index (κ2) is 54.2. The first-order chi connectivity index (χ1) is 35.2. The average molecular weight is 1030 g/mol. The molecule has 12 heteroatoms. The number of aliphatic hydroxyl groups is 1. The molecule has 0 aromatic rings. The van der Waals surface area contributed by atoms with E-state index in [-0.39, 0.29) is 25.9 Å². The van der Waals surface area contributed by atoms with Crippen molar-refractivity contribution in [1.29, 1.82) is 0 Å². The minimum absolute atomic E-state index is 0.00561. The van der Waals surface area contributed by atoms with Crippen LogP contribution in [0.5, 0.6) is 0 Å². The Morgan fingerprint density at radius 2 is 0.764 bits per heavy atom. The maximum atomic E-state index is 12.9. The molecule has 11 nitrogen and oxygen atoms in total. The average Bonchev–Trinajstić information content (AvgIpc) is 3.37. The Hall–Kier alpha value is -3.08. The van der Waals surface area contributed by atoms with Crippen LogP contribution >= 0.6 is 7.82 Å². The van der Waals surface area contributed by atoms with E-state index in [0.29, 0.717) is 19.3 Å². The Morgan fingerprint density at radius 1 is 0.417 bits per heavy atom. The van der Waals surface area contributed by atoms with E-state index in [1.807, 2.05) is 12.2 Å². The van der Waals surface area contributed by atoms with E-state index >= 15 is 0 Å². The number of aliphatic hydroxyl groups excluding tert-OH is 1. The number of phosphoric acid groups is 1. The van der Waals surface area contributed by atoms with Crippen LogP contribution in [0.25, 0.3) is 0 Å². The first-order valence-electron chi connectivity index (χ1n) is 28.8. The maximum Gasteiger partial charge on any atom is 0.472 e. The number of hydrogen-bond donors (Lipinski definition) is 2. The molecule has 0 radical (unpaired) electrons. The number of esters is 3. The van der Waals surface area contributed by atoms with Crippen LogP contribution in [0.1, 0.15) is 252 Å². The van der Waals surface area contributed by atoms with Crippen molar-refractivity contribution >= 4 is 25.7 Å². The van der Waals surface area contributed by atoms with Crippen molar-refractivity contribution in [2.45, 2.75) is 264 Å². The lowest BCUT2D eigenvalue weighted by Crippen LogP contribution is -2.30. The van der Waals surface area contributed by atoms with E-state index in [1.165, 1.54) is 109 Å². The smallest absolute Gasteiger partial charge is 0.461 e. The Labute approximate surface area is 439 Å². The van der Waals surface area contributed by atoms with Gasteiger partial charge in [-0.1, -0.05) is 235 Å². The maximum absolute atomic E-state index is 12.9. The fourth-order valence-electron chi connectivity index (χ4n) is 7.78. The zero-order chi connectivity index (χ0) is 52.7. The van der Waals surface area contributed by atoms with Gasteiger partial charge in [-0.25, -0.2) is 4.57 Å². The van der Waals surface area contributed by atoms with Gasteiger partial charge >= 0.3 is 25.7 Å². The zero-order valence-electron chi connectivity index (χ0n) is 45.9. The topological polar surface area (TPSA) is 155 Å². The van der Waals surface area contributed by atoms with Gasteiger partial charge in [-0.05, 0) is 70.6 Å². The number of hydrogen-bond acceptors (Lipinski definition) is 10. The van der Waals surface area contributed by atoms with E-state index in [1.54, 1.807) is 6.08 Å². The summed E-state index contributed by atoms with van der Waals surface area (Å²) in [7, 11) is -4.77. The van der Waals surface area contributed by atoms with Crippen molar-refractivity contribution in [3.05, 3.63) is 72.9 Å². The normalized spacial score (nSPS) is 13.9. The van der Waals surface area contributed by atoms with Gasteiger partial charge in [0, 0.05) is 12.8 Å². The summed E-state index contributed by atoms with van der Waals surface area (Å²) < 4.78 is 39.4. The molecule has 0 spiro atoms. The highest BCUT2D eigenvalue weighted by atomic mass is 31.2. The molecule has 416 valence electrons. The van der Waals surface area contributed by atoms with Gasteiger partial charge in [0.1, 0.15) is 12.7 Å². The van der Waals surface area contributed by atoms with Gasteiger partial charge in [0.15, 0.2) is 6.10 Å². The molecule has 0 aliphatic heterocycles. The van der Waals surface area contributed by atoms with Crippen LogP contribution in [-0.2, 0) is 42.2 Å². The van der Waals surface area contributed by atoms with Gasteiger partial charge in [-0.15, -0.1) is 0 Å². The van der Waals surface area contributed by atoms with Crippen molar-refractivity contribution in [3.63, 3.8) is 0 Å². The van der Waals surface area contributed by atoms with Crippen LogP contribution in [0.3, 0.4) is 0 Å². The number of carbonyl (C=O) groups is 3. The van der Waals surface area contributed by atoms with Gasteiger partial charge in [0.25, 0.3) is 0 Å². The summed E-state index contributed by atoms with van der Waals surface area (Å²) in [6.45, 7) is 4.41. The highest BCUT2D eigenvalue weighted by molar-refractivity contribution is 7.47. The summed E-state index contributed by atoms with van der Waals surface area (Å²) in [5, 5.41) is 9.80. The minimum Gasteiger partial charge on any atom is -0.461 e. The Morgan fingerprint density at radius 3 is 1.18 bits per heavy atom. The largest absolute Gasteiger partial charge is 0.472 e. The molecule has 0 bridgehead atoms. The van der Waals surface area contributed by atoms with Gasteiger partial charge in [-0.3, -0.25) is 23.4 Å². The lowest BCUT2D eigenvalue weighted by Gasteiger charge is -2.21. The predicted octanol–water partition coefficient (Wildman–Crippen LogP) is 16.9. The number of rotatable bonds is 53. The molecule has 0 saturated carbocycles. The van der Waals surface area contributed by atoms with Crippen LogP contribution in [0.4, 0.5) is 0 Å². The van der Waals surface area contributed by atoms with Crippen LogP contribution in [-0.4, -0.2) is 66.5 Å². The van der Waals surface area contributed by atoms with Gasteiger partial charge in [0.2, 0.25) is 0 Å². The monoisotopic (exact) mass is 1030 g/mol. The first-order valence-corrected chi connectivity index (χ1v) is 30.3. The minimum atomic E-state index is -4.77. The third-order valence-corrected chi connectivity index (χ3v) is 13.1. The van der Waals surface area contributed by atoms with E-state index in [4.69, 9.17) is 23.3 Å². The van der Waals surface area contributed by atoms with Crippen molar-refractivity contribution < 1.29 is 52.2 Å². The van der Waals surface area contributed by atoms with Crippen LogP contribution in [0, 0.1) is 0 Å². The molecule has 2 N–H and O–H groups in total. The molecular formula is C60H105O11P. The summed E-state index contributed by atoms with van der Waals surface area (Å²) in [4.78, 5) is 48.4. The summed E-state index contributed by atoms with van der Waals surface area (Å²) in [5.41, 5.74) is 0. The molecule has 0 aromatic carbocycles. The summed E-state index contributed by atoms with van der Waals surface area (Å²) >= 11 is 0. The second-order valence-electron chi connectivity index (χ2n) is 19.1. The lowest BCUT2D eigenvalue weighted by molar-refractivity contribution is -0.161. The SMILES string of the molecule is CC/C=C\C/C=C\C/C=C\C/C=C\C/C=C\CC(=O)OCC(COP(=O)(O)OCC(CO)OC(=O)CCCCCCC/C=C\CCCCCC)OC(=O)CCCCCCCCCCCCCCCCCCC. The van der Waals surface area contributed by atoms with Crippen LogP contribution < -0.4 is 0 Å². The molecule has 0 rings (SSSR count). The predicted molar refractivity (Wildman–Crippen MR) is 298 cm³/mol. The number of allylic oxidation sites excluding steroid dienone is 11. The third kappa shape index (κ3) is 51.8. The fourth-order valence-corrected chi connectivity index (χ4v) is 8.56. The molecule has 0 aliphatic rings. The second-order valence-corrected chi connectivity index (χ2v) is 20.5. The Bertz CT molecular complexity index is 1490. The molecule has 3 atom stereocenters. The van der Waals surface area contributed by atoms with E-state index < -0.39 is 57.8 Å². The van der Waals surface area contributed by atoms with E-state index in [2.05, 4.69) is 75.5 Å². The molecular weight excluding hydrogens is 928 g/mol. The van der Waals surface area contributed by atoms with Crippen LogP contribution in [0.2, 0.25) is 0 Å². The quantitative estimate of drug-likeness (QED) is 0.0197. The van der Waals surface area contributed by atoms with E-state index in [9.17, 15) is 28.9 Å². The number of phosphoric ester groups is 1. The van der Waals surface area contributed by atoms with Gasteiger partial charge in [0.05, 0.1) is 26.2 Å². The summed E-state index contributed by atoms with van der Waals surface area (Å²) in [5.74, 6) is -1.62. The Kier molecular flexibility index (Phi) is 51.9. The molecule has 0 amide bonds. The van der Waals surface area contributed by atoms with Crippen molar-refractivity contribution in [3.8, 4) is 0 Å². The van der Waals surface area contributed by atoms with Crippen LogP contribution in [0.15, 0.2) is 72.9 Å². The number of unbranched alkanes of at least 4 members (excludes halogenated alkanes) is 25. The molecule has 0 fully saturated rings. The Balaban J connectivity index is 4.81. The van der Waals surface area contributed by atoms with Gasteiger partial charge in [-0.2, -0.15) is 0 Å². The summed E-state index contributed by atoms with van der Waals surface area (Å²) in [6.07, 6.45) is 60.3. The third-order valence-electron chi connectivity index (χ3n) is 12.1. The molecule has 3 unspecified atom stereocenters.